The number of rotatable bonds is 1. The largest absolute Gasteiger partial charge is 0.505 e. The first-order valence-corrected chi connectivity index (χ1v) is 4.35. The van der Waals surface area contributed by atoms with E-state index in [1.165, 1.54) is 6.07 Å². The minimum absolute atomic E-state index is 0.0415. The molecule has 2 aromatic carbocycles. The van der Waals surface area contributed by atoms with Gasteiger partial charge in [0.25, 0.3) is 0 Å². The van der Waals surface area contributed by atoms with Gasteiger partial charge in [-0.1, -0.05) is 17.7 Å². The summed E-state index contributed by atoms with van der Waals surface area (Å²) in [5, 5.41) is 14.3. The highest BCUT2D eigenvalue weighted by molar-refractivity contribution is 6.31. The zero-order chi connectivity index (χ0) is 10.1. The second kappa shape index (κ2) is 3.27. The Labute approximate surface area is 84.9 Å². The van der Waals surface area contributed by atoms with E-state index in [1.54, 1.807) is 24.3 Å². The molecule has 2 aromatic rings. The summed E-state index contributed by atoms with van der Waals surface area (Å²) in [6.45, 7) is 0. The molecule has 0 unspecified atom stereocenters. The van der Waals surface area contributed by atoms with Crippen LogP contribution in [0.1, 0.15) is 0 Å². The molecule has 0 aliphatic heterocycles. The summed E-state index contributed by atoms with van der Waals surface area (Å²) in [5.41, 5.74) is 0.0415. The van der Waals surface area contributed by atoms with Crippen molar-refractivity contribution in [3.8, 4) is 5.75 Å². The van der Waals surface area contributed by atoms with E-state index in [2.05, 4.69) is 5.18 Å². The van der Waals surface area contributed by atoms with Gasteiger partial charge in [0.15, 0.2) is 5.75 Å². The van der Waals surface area contributed by atoms with Crippen molar-refractivity contribution in [2.24, 2.45) is 5.18 Å². The van der Waals surface area contributed by atoms with Crippen molar-refractivity contribution < 1.29 is 5.11 Å². The fraction of sp³-hybridized carbons (Fsp3) is 0. The fourth-order valence-corrected chi connectivity index (χ4v) is 1.53. The lowest BCUT2D eigenvalue weighted by atomic mass is 10.1. The molecule has 4 heteroatoms. The Morgan fingerprint density at radius 1 is 1.21 bits per heavy atom. The molecule has 3 nitrogen and oxygen atoms in total. The van der Waals surface area contributed by atoms with Crippen LogP contribution in [0.5, 0.6) is 5.75 Å². The lowest BCUT2D eigenvalue weighted by Gasteiger charge is -2.02. The van der Waals surface area contributed by atoms with Crippen LogP contribution in [0.25, 0.3) is 10.8 Å². The van der Waals surface area contributed by atoms with Gasteiger partial charge < -0.3 is 5.11 Å². The number of phenols is 1. The Morgan fingerprint density at radius 2 is 2.00 bits per heavy atom. The van der Waals surface area contributed by atoms with Gasteiger partial charge in [0, 0.05) is 10.4 Å². The third kappa shape index (κ3) is 1.32. The van der Waals surface area contributed by atoms with Crippen LogP contribution in [0, 0.1) is 4.91 Å². The summed E-state index contributed by atoms with van der Waals surface area (Å²) in [5.74, 6) is -0.103. The molecule has 0 aromatic heterocycles. The summed E-state index contributed by atoms with van der Waals surface area (Å²) in [7, 11) is 0. The van der Waals surface area contributed by atoms with Crippen LogP contribution < -0.4 is 0 Å². The Bertz CT molecular complexity index is 511. The number of nitrogens with zero attached hydrogens (tertiary/aromatic N) is 1. The first-order chi connectivity index (χ1) is 6.72. The molecule has 0 aliphatic carbocycles. The molecular formula is C10H6ClNO2. The summed E-state index contributed by atoms with van der Waals surface area (Å²) >= 11 is 5.78. The highest BCUT2D eigenvalue weighted by atomic mass is 35.5. The van der Waals surface area contributed by atoms with Crippen LogP contribution in [0.4, 0.5) is 5.69 Å². The van der Waals surface area contributed by atoms with E-state index in [-0.39, 0.29) is 11.4 Å². The minimum Gasteiger partial charge on any atom is -0.505 e. The molecule has 0 fully saturated rings. The molecule has 0 saturated carbocycles. The number of fused-ring (bicyclic) bond motifs is 1. The Morgan fingerprint density at radius 3 is 2.71 bits per heavy atom. The predicted molar refractivity (Wildman–Crippen MR) is 56.1 cm³/mol. The molecule has 0 heterocycles. The van der Waals surface area contributed by atoms with Gasteiger partial charge in [-0.25, -0.2) is 0 Å². The van der Waals surface area contributed by atoms with Crippen molar-refractivity contribution in [2.75, 3.05) is 0 Å². The fourth-order valence-electron chi connectivity index (χ4n) is 1.35. The van der Waals surface area contributed by atoms with Gasteiger partial charge >= 0.3 is 0 Å². The highest BCUT2D eigenvalue weighted by Gasteiger charge is 2.06. The van der Waals surface area contributed by atoms with Gasteiger partial charge in [0.1, 0.15) is 5.69 Å². The van der Waals surface area contributed by atoms with Crippen LogP contribution >= 0.6 is 11.6 Å². The molecule has 0 aliphatic rings. The van der Waals surface area contributed by atoms with Crippen molar-refractivity contribution in [1.82, 2.24) is 0 Å². The zero-order valence-electron chi connectivity index (χ0n) is 7.07. The number of halogens is 1. The first kappa shape index (κ1) is 8.97. The summed E-state index contributed by atoms with van der Waals surface area (Å²) in [4.78, 5) is 10.3. The second-order valence-electron chi connectivity index (χ2n) is 2.89. The van der Waals surface area contributed by atoms with Gasteiger partial charge in [-0.05, 0) is 34.8 Å². The minimum atomic E-state index is -0.103. The van der Waals surface area contributed by atoms with Crippen molar-refractivity contribution in [2.45, 2.75) is 0 Å². The molecule has 2 rings (SSSR count). The molecule has 1 N–H and O–H groups in total. The standard InChI is InChI=1S/C10H6ClNO2/c11-7-2-3-8-6(5-7)1-4-9(12-14)10(8)13/h1-5,13H. The Hall–Kier alpha value is -1.61. The predicted octanol–water partition coefficient (Wildman–Crippen LogP) is 3.60. The van der Waals surface area contributed by atoms with E-state index in [1.807, 2.05) is 0 Å². The van der Waals surface area contributed by atoms with Crippen molar-refractivity contribution >= 4 is 28.1 Å². The number of hydrogen-bond donors (Lipinski definition) is 1. The lowest BCUT2D eigenvalue weighted by Crippen LogP contribution is -1.75. The van der Waals surface area contributed by atoms with Gasteiger partial charge in [-0.2, -0.15) is 0 Å². The maximum atomic E-state index is 10.3. The van der Waals surface area contributed by atoms with E-state index in [4.69, 9.17) is 11.6 Å². The lowest BCUT2D eigenvalue weighted by molar-refractivity contribution is 0.483. The smallest absolute Gasteiger partial charge is 0.152 e. The van der Waals surface area contributed by atoms with Gasteiger partial charge in [-0.3, -0.25) is 0 Å². The maximum absolute atomic E-state index is 10.3. The third-order valence-electron chi connectivity index (χ3n) is 2.03. The number of aromatic hydroxyl groups is 1. The topological polar surface area (TPSA) is 49.7 Å². The molecule has 0 radical (unpaired) electrons. The molecular weight excluding hydrogens is 202 g/mol. The molecule has 0 saturated heterocycles. The molecule has 0 spiro atoms. The Balaban J connectivity index is 2.83. The van der Waals surface area contributed by atoms with Crippen molar-refractivity contribution in [1.29, 1.82) is 0 Å². The molecule has 0 amide bonds. The van der Waals surface area contributed by atoms with E-state index < -0.39 is 0 Å². The quantitative estimate of drug-likeness (QED) is 0.727. The average Bonchev–Trinajstić information content (AvgIpc) is 2.18. The molecule has 0 bridgehead atoms. The van der Waals surface area contributed by atoms with Crippen LogP contribution in [0.2, 0.25) is 5.02 Å². The first-order valence-electron chi connectivity index (χ1n) is 3.97. The molecule has 14 heavy (non-hydrogen) atoms. The summed E-state index contributed by atoms with van der Waals surface area (Å²) < 4.78 is 0. The number of hydrogen-bond acceptors (Lipinski definition) is 3. The summed E-state index contributed by atoms with van der Waals surface area (Å²) in [6.07, 6.45) is 0. The molecule has 70 valence electrons. The second-order valence-corrected chi connectivity index (χ2v) is 3.33. The summed E-state index contributed by atoms with van der Waals surface area (Å²) in [6, 6.07) is 8.17. The van der Waals surface area contributed by atoms with Crippen LogP contribution in [0.15, 0.2) is 35.5 Å². The average molecular weight is 208 g/mol. The Kier molecular flexibility index (Phi) is 2.09. The third-order valence-corrected chi connectivity index (χ3v) is 2.27. The van der Waals surface area contributed by atoms with E-state index in [0.717, 1.165) is 5.39 Å². The number of benzene rings is 2. The highest BCUT2D eigenvalue weighted by Crippen LogP contribution is 2.35. The van der Waals surface area contributed by atoms with Gasteiger partial charge in [-0.15, -0.1) is 4.91 Å². The monoisotopic (exact) mass is 207 g/mol. The van der Waals surface area contributed by atoms with Crippen LogP contribution in [0.3, 0.4) is 0 Å². The van der Waals surface area contributed by atoms with Gasteiger partial charge in [0.2, 0.25) is 0 Å². The van der Waals surface area contributed by atoms with Crippen LogP contribution in [-0.2, 0) is 0 Å². The van der Waals surface area contributed by atoms with Crippen molar-refractivity contribution in [3.63, 3.8) is 0 Å². The van der Waals surface area contributed by atoms with E-state index in [9.17, 15) is 10.0 Å². The molecule has 0 atom stereocenters. The zero-order valence-corrected chi connectivity index (χ0v) is 7.82. The number of nitroso groups, excluding NO2 is 1. The van der Waals surface area contributed by atoms with E-state index in [0.29, 0.717) is 10.4 Å². The van der Waals surface area contributed by atoms with Crippen molar-refractivity contribution in [3.05, 3.63) is 40.3 Å². The number of phenolic OH excluding ortho intramolecular Hbond substituents is 1. The van der Waals surface area contributed by atoms with E-state index >= 15 is 0 Å². The van der Waals surface area contributed by atoms with Crippen LogP contribution in [-0.4, -0.2) is 5.11 Å². The normalized spacial score (nSPS) is 10.4. The van der Waals surface area contributed by atoms with Gasteiger partial charge in [0.05, 0.1) is 0 Å². The maximum Gasteiger partial charge on any atom is 0.152 e. The SMILES string of the molecule is O=Nc1ccc2cc(Cl)ccc2c1O.